The van der Waals surface area contributed by atoms with Gasteiger partial charge in [-0.15, -0.1) is 0 Å². The predicted octanol–water partition coefficient (Wildman–Crippen LogP) is 3.81. The summed E-state index contributed by atoms with van der Waals surface area (Å²) in [4.78, 5) is 13.2. The summed E-state index contributed by atoms with van der Waals surface area (Å²) in [6.07, 6.45) is 0. The van der Waals surface area contributed by atoms with Crippen LogP contribution in [0.25, 0.3) is 0 Å². The molecule has 1 atom stereocenters. The minimum Gasteiger partial charge on any atom is -0.497 e. The Morgan fingerprint density at radius 3 is 1.85 bits per heavy atom. The van der Waals surface area contributed by atoms with Gasteiger partial charge in [-0.2, -0.15) is 0 Å². The van der Waals surface area contributed by atoms with Crippen molar-refractivity contribution >= 4 is 21.6 Å². The van der Waals surface area contributed by atoms with Crippen molar-refractivity contribution in [3.63, 3.8) is 0 Å². The van der Waals surface area contributed by atoms with Gasteiger partial charge < -0.3 is 33.7 Å². The second kappa shape index (κ2) is 13.2. The Labute approximate surface area is 234 Å². The maximum atomic E-state index is 14.0. The average Bonchev–Trinajstić information content (AvgIpc) is 2.98. The molecule has 3 rings (SSSR count). The Morgan fingerprint density at radius 2 is 1.27 bits per heavy atom. The molecule has 0 aliphatic heterocycles. The highest BCUT2D eigenvalue weighted by Crippen LogP contribution is 2.37. The van der Waals surface area contributed by atoms with Crippen molar-refractivity contribution in [2.24, 2.45) is 0 Å². The molecular weight excluding hydrogens is 540 g/mol. The summed E-state index contributed by atoms with van der Waals surface area (Å²) in [5.74, 6) is 1.66. The van der Waals surface area contributed by atoms with Gasteiger partial charge in [-0.3, -0.25) is 9.10 Å². The first kappa shape index (κ1) is 30.2. The van der Waals surface area contributed by atoms with Gasteiger partial charge in [0, 0.05) is 12.1 Å². The third kappa shape index (κ3) is 6.45. The van der Waals surface area contributed by atoms with Crippen molar-refractivity contribution in [1.82, 2.24) is 5.32 Å². The quantitative estimate of drug-likeness (QED) is 0.325. The van der Waals surface area contributed by atoms with Crippen LogP contribution >= 0.6 is 0 Å². The first-order valence-electron chi connectivity index (χ1n) is 12.1. The summed E-state index contributed by atoms with van der Waals surface area (Å²) >= 11 is 0. The van der Waals surface area contributed by atoms with Crippen LogP contribution in [-0.2, 0) is 14.8 Å². The van der Waals surface area contributed by atoms with Crippen LogP contribution < -0.4 is 38.0 Å². The maximum Gasteiger partial charge on any atom is 0.265 e. The van der Waals surface area contributed by atoms with E-state index >= 15 is 0 Å². The van der Waals surface area contributed by atoms with E-state index in [9.17, 15) is 13.2 Å². The molecule has 1 N–H and O–H groups in total. The van der Waals surface area contributed by atoms with Gasteiger partial charge >= 0.3 is 0 Å². The van der Waals surface area contributed by atoms with Gasteiger partial charge in [-0.25, -0.2) is 8.42 Å². The lowest BCUT2D eigenvalue weighted by molar-refractivity contribution is -0.120. The predicted molar refractivity (Wildman–Crippen MR) is 150 cm³/mol. The third-order valence-corrected chi connectivity index (χ3v) is 7.93. The number of benzene rings is 3. The smallest absolute Gasteiger partial charge is 0.265 e. The molecule has 0 spiro atoms. The molecule has 0 aliphatic rings. The summed E-state index contributed by atoms with van der Waals surface area (Å²) in [7, 11) is 4.44. The molecule has 0 radical (unpaired) electrons. The number of nitrogens with one attached hydrogen (secondary N) is 1. The Morgan fingerprint density at radius 1 is 0.725 bits per heavy atom. The lowest BCUT2D eigenvalue weighted by Gasteiger charge is -2.27. The molecule has 0 unspecified atom stereocenters. The Hall–Kier alpha value is -4.32. The Balaban J connectivity index is 2.03. The van der Waals surface area contributed by atoms with E-state index < -0.39 is 28.5 Å². The number of nitrogens with zero attached hydrogens (tertiary/aromatic N) is 1. The van der Waals surface area contributed by atoms with Gasteiger partial charge in [0.2, 0.25) is 5.91 Å². The van der Waals surface area contributed by atoms with Crippen molar-refractivity contribution in [3.8, 4) is 34.5 Å². The molecule has 0 aromatic heterocycles. The Bertz CT molecular complexity index is 1440. The van der Waals surface area contributed by atoms with Crippen LogP contribution in [0.4, 0.5) is 5.69 Å². The molecule has 0 bridgehead atoms. The molecule has 216 valence electrons. The molecule has 0 fully saturated rings. The molecule has 40 heavy (non-hydrogen) atoms. The van der Waals surface area contributed by atoms with E-state index in [1.54, 1.807) is 37.3 Å². The normalized spacial score (nSPS) is 11.7. The zero-order valence-corrected chi connectivity index (χ0v) is 24.3. The van der Waals surface area contributed by atoms with E-state index in [4.69, 9.17) is 28.4 Å². The minimum absolute atomic E-state index is 0.115. The zero-order valence-electron chi connectivity index (χ0n) is 23.5. The Kier molecular flexibility index (Phi) is 9.94. The molecule has 0 saturated heterocycles. The van der Waals surface area contributed by atoms with E-state index in [1.807, 2.05) is 0 Å². The van der Waals surface area contributed by atoms with Gasteiger partial charge in [-0.05, 0) is 48.9 Å². The van der Waals surface area contributed by atoms with Crippen molar-refractivity contribution in [1.29, 1.82) is 0 Å². The molecule has 0 heterocycles. The molecule has 0 aliphatic carbocycles. The van der Waals surface area contributed by atoms with E-state index in [1.165, 1.54) is 66.9 Å². The molecular formula is C28H34N2O9S. The number of ether oxygens (including phenoxy) is 6. The van der Waals surface area contributed by atoms with Crippen LogP contribution in [0.3, 0.4) is 0 Å². The lowest BCUT2D eigenvalue weighted by atomic mass is 10.1. The topological polar surface area (TPSA) is 122 Å². The fourth-order valence-electron chi connectivity index (χ4n) is 4.02. The molecule has 12 heteroatoms. The number of anilines is 1. The molecule has 3 aromatic carbocycles. The van der Waals surface area contributed by atoms with Gasteiger partial charge in [0.1, 0.15) is 18.0 Å². The van der Waals surface area contributed by atoms with E-state index in [2.05, 4.69) is 5.32 Å². The van der Waals surface area contributed by atoms with Crippen molar-refractivity contribution in [2.75, 3.05) is 53.5 Å². The SMILES string of the molecule is COc1ccc(OC)c(N(CC(=O)N[C@H](C)c2ccc(OC)c(OC)c2)S(=O)(=O)c2ccc(OC)c(OC)c2)c1. The summed E-state index contributed by atoms with van der Waals surface area (Å²) < 4.78 is 61.0. The highest BCUT2D eigenvalue weighted by molar-refractivity contribution is 7.92. The fraction of sp³-hybridized carbons (Fsp3) is 0.321. The van der Waals surface area contributed by atoms with Crippen LogP contribution in [0, 0.1) is 0 Å². The summed E-state index contributed by atoms with van der Waals surface area (Å²) in [5, 5.41) is 2.86. The first-order valence-corrected chi connectivity index (χ1v) is 13.6. The van der Waals surface area contributed by atoms with Gasteiger partial charge in [0.05, 0.1) is 59.3 Å². The number of rotatable bonds is 13. The number of hydrogen-bond donors (Lipinski definition) is 1. The second-order valence-electron chi connectivity index (χ2n) is 8.47. The fourth-order valence-corrected chi connectivity index (χ4v) is 5.46. The number of carbonyl (C=O) groups is 1. The zero-order chi connectivity index (χ0) is 29.4. The van der Waals surface area contributed by atoms with Crippen LogP contribution in [0.1, 0.15) is 18.5 Å². The highest BCUT2D eigenvalue weighted by atomic mass is 32.2. The van der Waals surface area contributed by atoms with Crippen LogP contribution in [0.15, 0.2) is 59.5 Å². The lowest BCUT2D eigenvalue weighted by Crippen LogP contribution is -2.41. The standard InChI is InChI=1S/C28H34N2O9S/c1-18(19-8-11-24(36-4)26(14-19)38-6)29-28(31)17-30(22-15-20(34-2)9-12-23(22)35-3)40(32,33)21-10-13-25(37-5)27(16-21)39-7/h8-16,18H,17H2,1-7H3,(H,29,31)/t18-/m1/s1. The van der Waals surface area contributed by atoms with Crippen molar-refractivity contribution in [2.45, 2.75) is 17.9 Å². The third-order valence-electron chi connectivity index (χ3n) is 6.17. The van der Waals surface area contributed by atoms with Gasteiger partial charge in [-0.1, -0.05) is 6.07 Å². The number of hydrogen-bond acceptors (Lipinski definition) is 9. The van der Waals surface area contributed by atoms with E-state index in [0.29, 0.717) is 23.0 Å². The molecule has 0 saturated carbocycles. The van der Waals surface area contributed by atoms with Crippen molar-refractivity contribution < 1.29 is 41.6 Å². The van der Waals surface area contributed by atoms with E-state index in [0.717, 1.165) is 9.87 Å². The van der Waals surface area contributed by atoms with Crippen LogP contribution in [-0.4, -0.2) is 63.5 Å². The van der Waals surface area contributed by atoms with Crippen LogP contribution in [0.5, 0.6) is 34.5 Å². The highest BCUT2D eigenvalue weighted by Gasteiger charge is 2.31. The number of sulfonamides is 1. The van der Waals surface area contributed by atoms with E-state index in [-0.39, 0.29) is 22.1 Å². The first-order chi connectivity index (χ1) is 19.1. The monoisotopic (exact) mass is 574 g/mol. The number of amides is 1. The summed E-state index contributed by atoms with van der Waals surface area (Å²) in [6.45, 7) is 1.22. The molecule has 3 aromatic rings. The van der Waals surface area contributed by atoms with Crippen molar-refractivity contribution in [3.05, 3.63) is 60.2 Å². The molecule has 11 nitrogen and oxygen atoms in total. The van der Waals surface area contributed by atoms with Gasteiger partial charge in [0.25, 0.3) is 10.0 Å². The average molecular weight is 575 g/mol. The number of methoxy groups -OCH3 is 6. The molecule has 1 amide bonds. The second-order valence-corrected chi connectivity index (χ2v) is 10.3. The minimum atomic E-state index is -4.32. The maximum absolute atomic E-state index is 14.0. The van der Waals surface area contributed by atoms with Gasteiger partial charge in [0.15, 0.2) is 23.0 Å². The van der Waals surface area contributed by atoms with Crippen LogP contribution in [0.2, 0.25) is 0 Å². The summed E-state index contributed by atoms with van der Waals surface area (Å²) in [5.41, 5.74) is 0.852. The largest absolute Gasteiger partial charge is 0.497 e. The summed E-state index contributed by atoms with van der Waals surface area (Å²) in [6, 6.07) is 13.6. The number of carbonyl (C=O) groups excluding carboxylic acids is 1.